The molecule has 160 valence electrons. The highest BCUT2D eigenvalue weighted by Gasteiger charge is 2.26. The number of amides is 1. The zero-order chi connectivity index (χ0) is 22.1. The van der Waals surface area contributed by atoms with Crippen LogP contribution in [-0.2, 0) is 0 Å². The van der Waals surface area contributed by atoms with Crippen molar-refractivity contribution in [1.29, 1.82) is 0 Å². The number of aryl methyl sites for hydroxylation is 1. The first kappa shape index (κ1) is 20.5. The molecule has 0 N–H and O–H groups in total. The number of hydrogen-bond donors (Lipinski definition) is 0. The first-order valence-corrected chi connectivity index (χ1v) is 9.95. The van der Waals surface area contributed by atoms with Crippen LogP contribution >= 0.6 is 0 Å². The van der Waals surface area contributed by atoms with Crippen LogP contribution < -0.4 is 4.90 Å². The van der Waals surface area contributed by atoms with E-state index in [-0.39, 0.29) is 17.4 Å². The molecule has 0 radical (unpaired) electrons. The number of halogens is 1. The third-order valence-electron chi connectivity index (χ3n) is 5.59. The predicted octanol–water partition coefficient (Wildman–Crippen LogP) is 3.50. The average molecular weight is 423 g/mol. The van der Waals surface area contributed by atoms with Crippen LogP contribution in [0, 0.1) is 29.8 Å². The fourth-order valence-corrected chi connectivity index (χ4v) is 3.97. The second-order valence-electron chi connectivity index (χ2n) is 7.48. The van der Waals surface area contributed by atoms with E-state index in [1.54, 1.807) is 39.8 Å². The maximum atomic E-state index is 14.3. The molecular weight excluding hydrogens is 401 g/mol. The number of nitro groups is 1. The quantitative estimate of drug-likeness (QED) is 0.474. The Labute approximate surface area is 178 Å². The molecule has 1 amide bonds. The van der Waals surface area contributed by atoms with Gasteiger partial charge < -0.3 is 14.4 Å². The lowest BCUT2D eigenvalue weighted by molar-refractivity contribution is -0.385. The molecule has 0 saturated carbocycles. The van der Waals surface area contributed by atoms with E-state index in [0.29, 0.717) is 48.9 Å². The number of carbonyl (C=O) groups is 1. The molecule has 1 aliphatic heterocycles. The second-order valence-corrected chi connectivity index (χ2v) is 7.48. The monoisotopic (exact) mass is 423 g/mol. The van der Waals surface area contributed by atoms with Crippen LogP contribution in [0.25, 0.3) is 5.69 Å². The number of rotatable bonds is 4. The van der Waals surface area contributed by atoms with Crippen LogP contribution in [0.1, 0.15) is 21.7 Å². The predicted molar refractivity (Wildman–Crippen MR) is 114 cm³/mol. The summed E-state index contributed by atoms with van der Waals surface area (Å²) in [6, 6.07) is 11.4. The lowest BCUT2D eigenvalue weighted by Crippen LogP contribution is -2.49. The Morgan fingerprint density at radius 3 is 2.42 bits per heavy atom. The van der Waals surface area contributed by atoms with Gasteiger partial charge in [0.2, 0.25) is 0 Å². The highest BCUT2D eigenvalue weighted by Crippen LogP contribution is 2.25. The molecule has 0 aliphatic carbocycles. The number of hydrogen-bond acceptors (Lipinski definition) is 5. The van der Waals surface area contributed by atoms with E-state index in [4.69, 9.17) is 0 Å². The van der Waals surface area contributed by atoms with Crippen LogP contribution in [0.4, 0.5) is 15.9 Å². The lowest BCUT2D eigenvalue weighted by Gasteiger charge is -2.35. The number of piperazine rings is 1. The van der Waals surface area contributed by atoms with Crippen molar-refractivity contribution in [2.75, 3.05) is 31.1 Å². The molecule has 1 saturated heterocycles. The third-order valence-corrected chi connectivity index (χ3v) is 5.59. The van der Waals surface area contributed by atoms with Gasteiger partial charge in [-0.25, -0.2) is 9.37 Å². The number of para-hydroxylation sites is 1. The smallest absolute Gasteiger partial charge is 0.287 e. The van der Waals surface area contributed by atoms with E-state index >= 15 is 0 Å². The maximum absolute atomic E-state index is 14.3. The summed E-state index contributed by atoms with van der Waals surface area (Å²) >= 11 is 0. The zero-order valence-corrected chi connectivity index (χ0v) is 17.3. The van der Waals surface area contributed by atoms with Crippen molar-refractivity contribution in [3.8, 4) is 5.69 Å². The van der Waals surface area contributed by atoms with Crippen molar-refractivity contribution in [2.45, 2.75) is 13.8 Å². The van der Waals surface area contributed by atoms with E-state index in [9.17, 15) is 19.3 Å². The summed E-state index contributed by atoms with van der Waals surface area (Å²) in [5, 5.41) is 10.8. The molecule has 2 aromatic heterocycles. The van der Waals surface area contributed by atoms with Gasteiger partial charge in [0.25, 0.3) is 11.6 Å². The summed E-state index contributed by atoms with van der Waals surface area (Å²) in [7, 11) is 0. The average Bonchev–Trinajstić information content (AvgIpc) is 3.07. The van der Waals surface area contributed by atoms with Gasteiger partial charge in [-0.15, -0.1) is 0 Å². The molecule has 0 unspecified atom stereocenters. The minimum atomic E-state index is -0.481. The molecule has 4 rings (SSSR count). The van der Waals surface area contributed by atoms with E-state index in [0.717, 1.165) is 5.69 Å². The van der Waals surface area contributed by atoms with E-state index in [2.05, 4.69) is 4.98 Å². The first-order chi connectivity index (χ1) is 14.9. The summed E-state index contributed by atoms with van der Waals surface area (Å²) in [6.07, 6.45) is 1.24. The number of nitrogens with zero attached hydrogens (tertiary/aromatic N) is 5. The maximum Gasteiger partial charge on any atom is 0.287 e. The van der Waals surface area contributed by atoms with Gasteiger partial charge in [0.05, 0.1) is 16.2 Å². The SMILES string of the molecule is Cc1cc(C(=O)N2CCN(c3ccc([N+](=O)[O-])cn3)CC2)c(C)n1-c1ccccc1F. The van der Waals surface area contributed by atoms with Gasteiger partial charge in [0.1, 0.15) is 17.8 Å². The molecule has 9 heteroatoms. The topological polar surface area (TPSA) is 84.5 Å². The van der Waals surface area contributed by atoms with Crippen LogP contribution in [0.15, 0.2) is 48.7 Å². The van der Waals surface area contributed by atoms with Crippen LogP contribution in [0.2, 0.25) is 0 Å². The van der Waals surface area contributed by atoms with Gasteiger partial charge in [-0.3, -0.25) is 14.9 Å². The van der Waals surface area contributed by atoms with Crippen LogP contribution in [0.5, 0.6) is 0 Å². The van der Waals surface area contributed by atoms with Crippen molar-refractivity contribution in [3.05, 3.63) is 81.5 Å². The van der Waals surface area contributed by atoms with Crippen molar-refractivity contribution in [1.82, 2.24) is 14.5 Å². The number of anilines is 1. The van der Waals surface area contributed by atoms with Gasteiger partial charge in [0, 0.05) is 43.6 Å². The molecule has 8 nitrogen and oxygen atoms in total. The van der Waals surface area contributed by atoms with E-state index in [1.165, 1.54) is 18.3 Å². The highest BCUT2D eigenvalue weighted by atomic mass is 19.1. The Morgan fingerprint density at radius 2 is 1.81 bits per heavy atom. The number of pyridine rings is 1. The van der Waals surface area contributed by atoms with Crippen molar-refractivity contribution < 1.29 is 14.1 Å². The molecule has 1 fully saturated rings. The molecule has 3 aromatic rings. The largest absolute Gasteiger partial charge is 0.353 e. The summed E-state index contributed by atoms with van der Waals surface area (Å²) in [5.41, 5.74) is 2.42. The van der Waals surface area contributed by atoms with Crippen molar-refractivity contribution in [3.63, 3.8) is 0 Å². The van der Waals surface area contributed by atoms with Gasteiger partial charge >= 0.3 is 0 Å². The summed E-state index contributed by atoms with van der Waals surface area (Å²) in [6.45, 7) is 5.82. The summed E-state index contributed by atoms with van der Waals surface area (Å²) in [5.74, 6) is 0.218. The molecule has 1 aromatic carbocycles. The molecule has 31 heavy (non-hydrogen) atoms. The molecule has 1 aliphatic rings. The Balaban J connectivity index is 1.49. The first-order valence-electron chi connectivity index (χ1n) is 9.95. The normalized spacial score (nSPS) is 14.0. The van der Waals surface area contributed by atoms with Gasteiger partial charge in [0.15, 0.2) is 0 Å². The Bertz CT molecular complexity index is 1130. The van der Waals surface area contributed by atoms with Crippen LogP contribution in [-0.4, -0.2) is 51.5 Å². The second kappa shape index (κ2) is 8.17. The number of benzene rings is 1. The van der Waals surface area contributed by atoms with Crippen LogP contribution in [0.3, 0.4) is 0 Å². The van der Waals surface area contributed by atoms with Gasteiger partial charge in [-0.1, -0.05) is 12.1 Å². The Morgan fingerprint density at radius 1 is 1.10 bits per heavy atom. The van der Waals surface area contributed by atoms with E-state index < -0.39 is 4.92 Å². The Hall–Kier alpha value is -3.75. The fourth-order valence-electron chi connectivity index (χ4n) is 3.97. The molecular formula is C22H22FN5O3. The lowest BCUT2D eigenvalue weighted by atomic mass is 10.2. The minimum Gasteiger partial charge on any atom is -0.353 e. The van der Waals surface area contributed by atoms with Crippen molar-refractivity contribution in [2.24, 2.45) is 0 Å². The molecule has 0 bridgehead atoms. The highest BCUT2D eigenvalue weighted by molar-refractivity contribution is 5.96. The van der Waals surface area contributed by atoms with Crippen molar-refractivity contribution >= 4 is 17.4 Å². The minimum absolute atomic E-state index is 0.0530. The van der Waals surface area contributed by atoms with Gasteiger partial charge in [-0.2, -0.15) is 0 Å². The summed E-state index contributed by atoms with van der Waals surface area (Å²) in [4.78, 5) is 31.4. The summed E-state index contributed by atoms with van der Waals surface area (Å²) < 4.78 is 16.1. The molecule has 0 atom stereocenters. The van der Waals surface area contributed by atoms with Gasteiger partial charge in [-0.05, 0) is 38.1 Å². The number of carbonyl (C=O) groups excluding carboxylic acids is 1. The third kappa shape index (κ3) is 3.86. The molecule has 3 heterocycles. The number of aromatic nitrogens is 2. The molecule has 0 spiro atoms. The Kier molecular flexibility index (Phi) is 5.41. The van der Waals surface area contributed by atoms with E-state index in [1.807, 2.05) is 18.7 Å². The zero-order valence-electron chi connectivity index (χ0n) is 17.3. The fraction of sp³-hybridized carbons (Fsp3) is 0.273. The standard InChI is InChI=1S/C22H22FN5O3/c1-15-13-18(16(2)27(15)20-6-4-3-5-19(20)23)22(29)26-11-9-25(10-12-26)21-8-7-17(14-24-21)28(30)31/h3-8,13-14H,9-12H2,1-2H3.